The van der Waals surface area contributed by atoms with Gasteiger partial charge >= 0.3 is 0 Å². The Balaban J connectivity index is 2.56. The van der Waals surface area contributed by atoms with Crippen molar-refractivity contribution in [1.82, 2.24) is 0 Å². The minimum Gasteiger partial charge on any atom is -0.294 e. The average molecular weight is 131 g/mol. The summed E-state index contributed by atoms with van der Waals surface area (Å²) in [6.45, 7) is 2.04. The monoisotopic (exact) mass is 131 g/mol. The summed E-state index contributed by atoms with van der Waals surface area (Å²) >= 11 is 0. The van der Waals surface area contributed by atoms with Gasteiger partial charge in [0.05, 0.1) is 12.7 Å². The molecule has 8 heavy (non-hydrogen) atoms. The largest absolute Gasteiger partial charge is 0.294 e. The van der Waals surface area contributed by atoms with Gasteiger partial charge in [0.2, 0.25) is 0 Å². The molecule has 0 radical (unpaired) electrons. The van der Waals surface area contributed by atoms with Crippen LogP contribution >= 0.6 is 0 Å². The number of carbonyl (C=O) groups excluding carboxylic acids is 1. The van der Waals surface area contributed by atoms with Crippen molar-refractivity contribution < 1.29 is 4.79 Å². The van der Waals surface area contributed by atoms with E-state index >= 15 is 0 Å². The van der Waals surface area contributed by atoms with E-state index < -0.39 is 0 Å². The second kappa shape index (κ2) is 2.09. The van der Waals surface area contributed by atoms with Crippen molar-refractivity contribution in [3.8, 4) is 0 Å². The summed E-state index contributed by atoms with van der Waals surface area (Å²) in [4.78, 5) is 10.8. The molecule has 1 rings (SSSR count). The maximum absolute atomic E-state index is 10.8. The summed E-state index contributed by atoms with van der Waals surface area (Å²) < 4.78 is 0. The Labute approximate surface area is 52.8 Å². The first-order valence-corrected chi connectivity index (χ1v) is 4.72. The molecule has 1 fully saturated rings. The van der Waals surface area contributed by atoms with E-state index in [1.807, 2.05) is 6.92 Å². The second-order valence-electron chi connectivity index (χ2n) is 2.25. The van der Waals surface area contributed by atoms with Crippen LogP contribution in [-0.4, -0.2) is 23.0 Å². The summed E-state index contributed by atoms with van der Waals surface area (Å²) in [7, 11) is 0.403. The fraction of sp³-hybridized carbons (Fsp3) is 0.833. The van der Waals surface area contributed by atoms with E-state index in [1.165, 1.54) is 0 Å². The van der Waals surface area contributed by atoms with Gasteiger partial charge < -0.3 is 0 Å². The number of Topliss-reactive ketones (excluding diaryl/α,β-unsaturated/α-hetero) is 1. The highest BCUT2D eigenvalue weighted by Gasteiger charge is 2.35. The summed E-state index contributed by atoms with van der Waals surface area (Å²) in [6, 6.07) is 0. The molecule has 0 N–H and O–H groups in total. The maximum Gasteiger partial charge on any atom is 0.189 e. The Bertz CT molecular complexity index is 111. The van der Waals surface area contributed by atoms with E-state index in [0.29, 0.717) is 21.9 Å². The van der Waals surface area contributed by atoms with Gasteiger partial charge in [0.25, 0.3) is 0 Å². The van der Waals surface area contributed by atoms with Crippen molar-refractivity contribution in [2.45, 2.75) is 18.6 Å². The number of rotatable bonds is 0. The van der Waals surface area contributed by atoms with Crippen molar-refractivity contribution in [1.29, 1.82) is 0 Å². The lowest BCUT2D eigenvalue weighted by Crippen LogP contribution is -2.16. The Hall–Kier alpha value is 0.0200. The quantitative estimate of drug-likeness (QED) is 0.440. The summed E-state index contributed by atoms with van der Waals surface area (Å²) in [5.74, 6) is 1.61. The van der Waals surface area contributed by atoms with E-state index in [2.05, 4.69) is 6.26 Å². The molecule has 46 valence electrons. The highest BCUT2D eigenvalue weighted by Crippen LogP contribution is 2.15. The molecule has 1 heterocycles. The predicted octanol–water partition coefficient (Wildman–Crippen LogP) is 0.596. The van der Waals surface area contributed by atoms with Gasteiger partial charge in [-0.05, 0) is 17.8 Å². The molecule has 1 nitrogen and oxygen atoms in total. The van der Waals surface area contributed by atoms with Crippen LogP contribution in [0.4, 0.5) is 0 Å². The van der Waals surface area contributed by atoms with E-state index in [0.717, 1.165) is 12.2 Å². The fourth-order valence-corrected chi connectivity index (χ4v) is 2.31. The average Bonchev–Trinajstić information content (AvgIpc) is 1.98. The second-order valence-corrected chi connectivity index (χ2v) is 4.75. The summed E-state index contributed by atoms with van der Waals surface area (Å²) in [5.41, 5.74) is 0. The molecule has 2 atom stereocenters. The lowest BCUT2D eigenvalue weighted by molar-refractivity contribution is -0.117. The van der Waals surface area contributed by atoms with Gasteiger partial charge in [-0.25, -0.2) is 0 Å². The van der Waals surface area contributed by atoms with E-state index in [4.69, 9.17) is 0 Å². The van der Waals surface area contributed by atoms with Crippen LogP contribution in [0.5, 0.6) is 0 Å². The molecule has 0 aromatic heterocycles. The summed E-state index contributed by atoms with van der Waals surface area (Å²) in [6.07, 6.45) is 3.01. The van der Waals surface area contributed by atoms with Gasteiger partial charge in [-0.3, -0.25) is 4.79 Å². The molecule has 1 aliphatic heterocycles. The minimum atomic E-state index is 0.370. The molecule has 0 saturated carbocycles. The first kappa shape index (κ1) is 6.14. The number of hydrogen-bond donors (Lipinski definition) is 0. The molecule has 0 aromatic carbocycles. The van der Waals surface area contributed by atoms with Crippen LogP contribution in [0.25, 0.3) is 0 Å². The molecule has 0 aliphatic carbocycles. The molecule has 0 aromatic rings. The smallest absolute Gasteiger partial charge is 0.189 e. The molecule has 2 heteroatoms. The Morgan fingerprint density at radius 3 is 2.50 bits per heavy atom. The molecular weight excluding hydrogens is 120 g/mol. The fourth-order valence-electron chi connectivity index (χ4n) is 0.866. The van der Waals surface area contributed by atoms with Crippen LogP contribution < -0.4 is 0 Å². The number of ketones is 1. The topological polar surface area (TPSA) is 17.1 Å². The van der Waals surface area contributed by atoms with Crippen molar-refractivity contribution in [3.05, 3.63) is 0 Å². The normalized spacial score (nSPS) is 38.5. The zero-order valence-corrected chi connectivity index (χ0v) is 6.12. The van der Waals surface area contributed by atoms with Gasteiger partial charge in [0.1, 0.15) is 5.75 Å². The minimum absolute atomic E-state index is 0.370. The Kier molecular flexibility index (Phi) is 1.61. The first-order valence-electron chi connectivity index (χ1n) is 2.86. The molecule has 0 amide bonds. The number of hydrogen-bond acceptors (Lipinski definition) is 1. The molecule has 0 bridgehead atoms. The van der Waals surface area contributed by atoms with Crippen molar-refractivity contribution in [2.24, 2.45) is 0 Å². The molecule has 1 aliphatic rings. The van der Waals surface area contributed by atoms with Crippen LogP contribution in [0.3, 0.4) is 0 Å². The van der Waals surface area contributed by atoms with Gasteiger partial charge in [0.15, 0.2) is 11.0 Å². The third-order valence-corrected chi connectivity index (χ3v) is 4.05. The number of carbonyl (C=O) groups is 1. The highest BCUT2D eigenvalue weighted by molar-refractivity contribution is 7.98. The molecular formula is C6H11OS+. The van der Waals surface area contributed by atoms with Crippen LogP contribution in [0, 0.1) is 0 Å². The first-order chi connectivity index (χ1) is 3.72. The molecule has 2 unspecified atom stereocenters. The van der Waals surface area contributed by atoms with E-state index in [-0.39, 0.29) is 0 Å². The van der Waals surface area contributed by atoms with Crippen molar-refractivity contribution in [3.63, 3.8) is 0 Å². The zero-order chi connectivity index (χ0) is 6.15. The zero-order valence-electron chi connectivity index (χ0n) is 5.31. The molecule has 1 saturated heterocycles. The lowest BCUT2D eigenvalue weighted by Gasteiger charge is -1.94. The Morgan fingerprint density at radius 2 is 2.38 bits per heavy atom. The van der Waals surface area contributed by atoms with Gasteiger partial charge in [-0.2, -0.15) is 0 Å². The highest BCUT2D eigenvalue weighted by atomic mass is 32.2. The van der Waals surface area contributed by atoms with E-state index in [9.17, 15) is 4.79 Å². The van der Waals surface area contributed by atoms with Gasteiger partial charge in [-0.15, -0.1) is 0 Å². The predicted molar refractivity (Wildman–Crippen MR) is 37.2 cm³/mol. The van der Waals surface area contributed by atoms with Gasteiger partial charge in [-0.1, -0.05) is 0 Å². The van der Waals surface area contributed by atoms with Crippen molar-refractivity contribution in [2.75, 3.05) is 12.0 Å². The van der Waals surface area contributed by atoms with E-state index in [1.54, 1.807) is 0 Å². The summed E-state index contributed by atoms with van der Waals surface area (Å²) in [5, 5.41) is 0.370. The third-order valence-electron chi connectivity index (χ3n) is 1.73. The standard InChI is InChI=1S/C6H11OS/c1-5-6(7)3-4-8(5)2/h5H,3-4H2,1-2H3/q+1. The SMILES string of the molecule is CC1C(=O)CC[S+]1C. The Morgan fingerprint density at radius 1 is 1.75 bits per heavy atom. The maximum atomic E-state index is 10.8. The van der Waals surface area contributed by atoms with Crippen LogP contribution in [-0.2, 0) is 15.7 Å². The van der Waals surface area contributed by atoms with Crippen LogP contribution in [0.2, 0.25) is 0 Å². The van der Waals surface area contributed by atoms with Crippen molar-refractivity contribution >= 4 is 16.7 Å². The van der Waals surface area contributed by atoms with Crippen LogP contribution in [0.15, 0.2) is 0 Å². The molecule has 0 spiro atoms. The van der Waals surface area contributed by atoms with Crippen LogP contribution in [0.1, 0.15) is 13.3 Å². The van der Waals surface area contributed by atoms with Gasteiger partial charge in [0, 0.05) is 0 Å². The lowest BCUT2D eigenvalue weighted by atomic mass is 10.2. The third kappa shape index (κ3) is 0.895.